The van der Waals surface area contributed by atoms with Crippen LogP contribution in [0.3, 0.4) is 0 Å². The van der Waals surface area contributed by atoms with Crippen LogP contribution < -0.4 is 0 Å². The predicted octanol–water partition coefficient (Wildman–Crippen LogP) is -0.0119. The summed E-state index contributed by atoms with van der Waals surface area (Å²) in [6.45, 7) is -0.281. The number of rotatable bonds is 3. The second-order valence-electron chi connectivity index (χ2n) is 2.88. The Kier molecular flexibility index (Phi) is 3.70. The Hall–Kier alpha value is -1.30. The number of esters is 1. The fourth-order valence-electron chi connectivity index (χ4n) is 1.36. The molecule has 0 saturated carbocycles. The van der Waals surface area contributed by atoms with Crippen molar-refractivity contribution in [3.05, 3.63) is 10.4 Å². The lowest BCUT2D eigenvalue weighted by Gasteiger charge is -2.10. The molecule has 0 aliphatic carbocycles. The maximum atomic E-state index is 11.1. The van der Waals surface area contributed by atoms with E-state index in [2.05, 4.69) is 14.8 Å². The maximum absolute atomic E-state index is 11.1. The second kappa shape index (κ2) is 4.80. The van der Waals surface area contributed by atoms with Gasteiger partial charge in [-0.2, -0.15) is 0 Å². The van der Waals surface area contributed by atoms with Crippen molar-refractivity contribution in [1.29, 1.82) is 0 Å². The lowest BCUT2D eigenvalue weighted by atomic mass is 10.1. The summed E-state index contributed by atoms with van der Waals surface area (Å²) in [5, 5.41) is 12.3. The molecule has 0 spiro atoms. The molecule has 1 N–H and O–H groups in total. The van der Waals surface area contributed by atoms with Crippen LogP contribution >= 0.6 is 0 Å². The molecule has 3 atom stereocenters. The number of aliphatic hydroxyl groups excluding tert-OH is 1. The van der Waals surface area contributed by atoms with Crippen molar-refractivity contribution in [3.8, 4) is 0 Å². The van der Waals surface area contributed by atoms with E-state index in [1.165, 1.54) is 7.11 Å². The summed E-state index contributed by atoms with van der Waals surface area (Å²) < 4.78 is 9.61. The molecule has 0 unspecified atom stereocenters. The molecule has 1 aliphatic heterocycles. The zero-order chi connectivity index (χ0) is 10.6. The van der Waals surface area contributed by atoms with Gasteiger partial charge in [0, 0.05) is 4.91 Å². The van der Waals surface area contributed by atoms with Crippen LogP contribution in [0.15, 0.2) is 5.11 Å². The van der Waals surface area contributed by atoms with Gasteiger partial charge in [0.25, 0.3) is 0 Å². The molecule has 0 amide bonds. The third kappa shape index (κ3) is 2.14. The van der Waals surface area contributed by atoms with Gasteiger partial charge in [-0.3, -0.25) is 0 Å². The molecule has 0 aromatic carbocycles. The Morgan fingerprint density at radius 2 is 2.57 bits per heavy atom. The first kappa shape index (κ1) is 10.8. The Balaban J connectivity index is 2.64. The largest absolute Gasteiger partial charge is 0.467 e. The zero-order valence-corrected chi connectivity index (χ0v) is 7.66. The normalized spacial score (nSPS) is 30.9. The minimum absolute atomic E-state index is 0.252. The Bertz CT molecular complexity index is 264. The van der Waals surface area contributed by atoms with Crippen LogP contribution in [0.2, 0.25) is 0 Å². The van der Waals surface area contributed by atoms with Crippen molar-refractivity contribution in [2.75, 3.05) is 13.7 Å². The summed E-state index contributed by atoms with van der Waals surface area (Å²) in [4.78, 5) is 13.7. The molecular formula is C7H11N3O4. The van der Waals surface area contributed by atoms with Gasteiger partial charge >= 0.3 is 5.97 Å². The first-order valence-corrected chi connectivity index (χ1v) is 4.11. The number of nitrogens with zero attached hydrogens (tertiary/aromatic N) is 3. The molecule has 1 saturated heterocycles. The highest BCUT2D eigenvalue weighted by Crippen LogP contribution is 2.23. The van der Waals surface area contributed by atoms with Crippen molar-refractivity contribution < 1.29 is 19.4 Å². The number of aliphatic hydroxyl groups is 1. The summed E-state index contributed by atoms with van der Waals surface area (Å²) in [5.74, 6) is -0.515. The van der Waals surface area contributed by atoms with Crippen molar-refractivity contribution in [2.24, 2.45) is 5.11 Å². The average Bonchev–Trinajstić information content (AvgIpc) is 2.60. The molecule has 1 heterocycles. The molecule has 0 aromatic rings. The zero-order valence-electron chi connectivity index (χ0n) is 7.66. The van der Waals surface area contributed by atoms with E-state index in [4.69, 9.17) is 15.4 Å². The summed E-state index contributed by atoms with van der Waals surface area (Å²) in [7, 11) is 1.25. The quantitative estimate of drug-likeness (QED) is 0.300. The SMILES string of the molecule is COC(=O)[C@H]1C[C@H](N=[N+]=[N-])[C@@H](CO)O1. The van der Waals surface area contributed by atoms with E-state index >= 15 is 0 Å². The number of azide groups is 1. The molecule has 1 fully saturated rings. The standard InChI is InChI=1S/C7H11N3O4/c1-13-7(12)5-2-4(9-10-8)6(3-11)14-5/h4-6,11H,2-3H2,1H3/t4-,5+,6+/m0/s1. The molecule has 14 heavy (non-hydrogen) atoms. The minimum atomic E-state index is -0.743. The number of ether oxygens (including phenoxy) is 2. The lowest BCUT2D eigenvalue weighted by Crippen LogP contribution is -2.25. The van der Waals surface area contributed by atoms with Crippen LogP contribution in [0.25, 0.3) is 10.4 Å². The van der Waals surface area contributed by atoms with Gasteiger partial charge in [-0.25, -0.2) is 4.79 Å². The monoisotopic (exact) mass is 201 g/mol. The van der Waals surface area contributed by atoms with Crippen LogP contribution in [-0.2, 0) is 14.3 Å². The van der Waals surface area contributed by atoms with Crippen molar-refractivity contribution in [1.82, 2.24) is 0 Å². The van der Waals surface area contributed by atoms with E-state index in [1.807, 2.05) is 0 Å². The molecular weight excluding hydrogens is 190 g/mol. The van der Waals surface area contributed by atoms with Gasteiger partial charge in [-0.1, -0.05) is 5.11 Å². The Labute approximate surface area is 80.2 Å². The Morgan fingerprint density at radius 1 is 1.86 bits per heavy atom. The Morgan fingerprint density at radius 3 is 3.07 bits per heavy atom. The van der Waals surface area contributed by atoms with Gasteiger partial charge in [-0.15, -0.1) is 0 Å². The van der Waals surface area contributed by atoms with Gasteiger partial charge in [0.15, 0.2) is 6.10 Å². The van der Waals surface area contributed by atoms with E-state index < -0.39 is 24.2 Å². The van der Waals surface area contributed by atoms with Gasteiger partial charge in [-0.05, 0) is 12.0 Å². The van der Waals surface area contributed by atoms with Crippen LogP contribution in [0, 0.1) is 0 Å². The van der Waals surface area contributed by atoms with Crippen molar-refractivity contribution in [3.63, 3.8) is 0 Å². The number of hydrogen-bond acceptors (Lipinski definition) is 5. The molecule has 1 aliphatic rings. The summed E-state index contributed by atoms with van der Waals surface area (Å²) in [6.07, 6.45) is -1.11. The first-order valence-electron chi connectivity index (χ1n) is 4.11. The highest BCUT2D eigenvalue weighted by Gasteiger charge is 2.38. The number of carbonyl (C=O) groups is 1. The highest BCUT2D eigenvalue weighted by atomic mass is 16.6. The summed E-state index contributed by atoms with van der Waals surface area (Å²) in [6, 6.07) is -0.505. The fraction of sp³-hybridized carbons (Fsp3) is 0.857. The van der Waals surface area contributed by atoms with Crippen LogP contribution in [-0.4, -0.2) is 43.0 Å². The van der Waals surface area contributed by atoms with Crippen molar-refractivity contribution >= 4 is 5.97 Å². The minimum Gasteiger partial charge on any atom is -0.467 e. The van der Waals surface area contributed by atoms with E-state index in [9.17, 15) is 4.79 Å². The van der Waals surface area contributed by atoms with Gasteiger partial charge < -0.3 is 14.6 Å². The third-order valence-electron chi connectivity index (χ3n) is 2.07. The van der Waals surface area contributed by atoms with Gasteiger partial charge in [0.2, 0.25) is 0 Å². The second-order valence-corrected chi connectivity index (χ2v) is 2.88. The average molecular weight is 201 g/mol. The lowest BCUT2D eigenvalue weighted by molar-refractivity contribution is -0.153. The highest BCUT2D eigenvalue weighted by molar-refractivity contribution is 5.75. The molecule has 0 bridgehead atoms. The predicted molar refractivity (Wildman–Crippen MR) is 45.3 cm³/mol. The topological polar surface area (TPSA) is 105 Å². The molecule has 0 radical (unpaired) electrons. The smallest absolute Gasteiger partial charge is 0.334 e. The van der Waals surface area contributed by atoms with E-state index in [0.717, 1.165) is 0 Å². The van der Waals surface area contributed by atoms with Crippen molar-refractivity contribution in [2.45, 2.75) is 24.7 Å². The number of methoxy groups -OCH3 is 1. The van der Waals surface area contributed by atoms with Crippen LogP contribution in [0.1, 0.15) is 6.42 Å². The molecule has 7 heteroatoms. The summed E-state index contributed by atoms with van der Waals surface area (Å²) in [5.41, 5.74) is 8.23. The first-order chi connectivity index (χ1) is 6.72. The van der Waals surface area contributed by atoms with E-state index in [-0.39, 0.29) is 13.0 Å². The van der Waals surface area contributed by atoms with Gasteiger partial charge in [0.05, 0.1) is 25.9 Å². The number of hydrogen-bond donors (Lipinski definition) is 1. The molecule has 0 aromatic heterocycles. The third-order valence-corrected chi connectivity index (χ3v) is 2.07. The van der Waals surface area contributed by atoms with E-state index in [0.29, 0.717) is 0 Å². The molecule has 7 nitrogen and oxygen atoms in total. The number of carbonyl (C=O) groups excluding carboxylic acids is 1. The molecule has 78 valence electrons. The van der Waals surface area contributed by atoms with E-state index in [1.54, 1.807) is 0 Å². The summed E-state index contributed by atoms with van der Waals surface area (Å²) >= 11 is 0. The molecule has 1 rings (SSSR count). The van der Waals surface area contributed by atoms with Crippen LogP contribution in [0.4, 0.5) is 0 Å². The van der Waals surface area contributed by atoms with Gasteiger partial charge in [0.1, 0.15) is 0 Å². The maximum Gasteiger partial charge on any atom is 0.334 e. The van der Waals surface area contributed by atoms with Crippen LogP contribution in [0.5, 0.6) is 0 Å². The fourth-order valence-corrected chi connectivity index (χ4v) is 1.36.